The van der Waals surface area contributed by atoms with Gasteiger partial charge in [-0.3, -0.25) is 9.59 Å². The molecule has 1 aromatic heterocycles. The SMILES string of the molecule is COCCC(=O)N1CCCC(c2ncc(C(=O)Nc3ccc(OC)cc3)c(C)n2)C1. The van der Waals surface area contributed by atoms with Gasteiger partial charge in [0.25, 0.3) is 5.91 Å². The molecular formula is C22H28N4O4. The van der Waals surface area contributed by atoms with Crippen LogP contribution in [0.5, 0.6) is 5.75 Å². The van der Waals surface area contributed by atoms with Crippen LogP contribution in [0.2, 0.25) is 0 Å². The number of nitrogens with zero attached hydrogens (tertiary/aromatic N) is 3. The third kappa shape index (κ3) is 5.33. The molecule has 30 heavy (non-hydrogen) atoms. The molecule has 1 N–H and O–H groups in total. The highest BCUT2D eigenvalue weighted by Gasteiger charge is 2.27. The van der Waals surface area contributed by atoms with E-state index in [0.29, 0.717) is 42.3 Å². The lowest BCUT2D eigenvalue weighted by molar-refractivity contribution is -0.133. The van der Waals surface area contributed by atoms with E-state index >= 15 is 0 Å². The van der Waals surface area contributed by atoms with Gasteiger partial charge in [-0.25, -0.2) is 9.97 Å². The number of carbonyl (C=O) groups is 2. The lowest BCUT2D eigenvalue weighted by Crippen LogP contribution is -2.40. The zero-order chi connectivity index (χ0) is 21.5. The Bertz CT molecular complexity index is 885. The molecule has 160 valence electrons. The van der Waals surface area contributed by atoms with Crippen molar-refractivity contribution in [3.05, 3.63) is 47.5 Å². The molecule has 0 bridgehead atoms. The number of hydrogen-bond acceptors (Lipinski definition) is 6. The molecule has 1 saturated heterocycles. The Morgan fingerprint density at radius 1 is 1.23 bits per heavy atom. The van der Waals surface area contributed by atoms with Crippen LogP contribution in [0.25, 0.3) is 0 Å². The minimum Gasteiger partial charge on any atom is -0.497 e. The smallest absolute Gasteiger partial charge is 0.259 e. The predicted molar refractivity (Wildman–Crippen MR) is 113 cm³/mol. The molecule has 1 fully saturated rings. The molecule has 0 spiro atoms. The summed E-state index contributed by atoms with van der Waals surface area (Å²) >= 11 is 0. The summed E-state index contributed by atoms with van der Waals surface area (Å²) in [5.74, 6) is 1.30. The van der Waals surface area contributed by atoms with Gasteiger partial charge in [0.15, 0.2) is 0 Å². The lowest BCUT2D eigenvalue weighted by Gasteiger charge is -2.32. The zero-order valence-corrected chi connectivity index (χ0v) is 17.7. The van der Waals surface area contributed by atoms with Crippen molar-refractivity contribution < 1.29 is 19.1 Å². The highest BCUT2D eigenvalue weighted by molar-refractivity contribution is 6.04. The molecule has 1 aliphatic rings. The standard InChI is InChI=1S/C22H28N4O4/c1-15-19(22(28)25-17-6-8-18(30-3)9-7-17)13-23-21(24-15)16-5-4-11-26(14-16)20(27)10-12-29-2/h6-9,13,16H,4-5,10-12,14H2,1-3H3,(H,25,28). The second kappa shape index (κ2) is 10.2. The van der Waals surface area contributed by atoms with E-state index in [1.165, 1.54) is 0 Å². The van der Waals surface area contributed by atoms with Crippen molar-refractivity contribution in [3.63, 3.8) is 0 Å². The number of ether oxygens (including phenoxy) is 2. The largest absolute Gasteiger partial charge is 0.497 e. The molecule has 0 saturated carbocycles. The number of methoxy groups -OCH3 is 2. The number of hydrogen-bond donors (Lipinski definition) is 1. The number of piperidine rings is 1. The number of benzene rings is 1. The summed E-state index contributed by atoms with van der Waals surface area (Å²) in [6.45, 7) is 3.58. The fourth-order valence-electron chi connectivity index (χ4n) is 3.54. The molecule has 1 aliphatic heterocycles. The van der Waals surface area contributed by atoms with E-state index in [9.17, 15) is 9.59 Å². The van der Waals surface area contributed by atoms with Crippen LogP contribution >= 0.6 is 0 Å². The van der Waals surface area contributed by atoms with Gasteiger partial charge in [-0.1, -0.05) is 0 Å². The van der Waals surface area contributed by atoms with Crippen LogP contribution in [-0.2, 0) is 9.53 Å². The van der Waals surface area contributed by atoms with Gasteiger partial charge in [0.05, 0.1) is 31.4 Å². The molecule has 8 heteroatoms. The van der Waals surface area contributed by atoms with E-state index in [1.54, 1.807) is 51.6 Å². The summed E-state index contributed by atoms with van der Waals surface area (Å²) in [7, 11) is 3.19. The molecule has 0 aliphatic carbocycles. The van der Waals surface area contributed by atoms with Crippen LogP contribution < -0.4 is 10.1 Å². The summed E-state index contributed by atoms with van der Waals surface area (Å²) in [4.78, 5) is 35.8. The van der Waals surface area contributed by atoms with E-state index in [2.05, 4.69) is 15.3 Å². The topological polar surface area (TPSA) is 93.7 Å². The Labute approximate surface area is 176 Å². The molecule has 1 atom stereocenters. The average molecular weight is 412 g/mol. The van der Waals surface area contributed by atoms with E-state index in [-0.39, 0.29) is 17.7 Å². The predicted octanol–water partition coefficient (Wildman–Crippen LogP) is 2.79. The van der Waals surface area contributed by atoms with Crippen molar-refractivity contribution in [1.82, 2.24) is 14.9 Å². The number of nitrogens with one attached hydrogen (secondary N) is 1. The first-order valence-corrected chi connectivity index (χ1v) is 10.1. The fourth-order valence-corrected chi connectivity index (χ4v) is 3.54. The number of amides is 2. The van der Waals surface area contributed by atoms with E-state index in [1.807, 2.05) is 4.90 Å². The number of anilines is 1. The lowest BCUT2D eigenvalue weighted by atomic mass is 9.96. The normalized spacial score (nSPS) is 16.2. The monoisotopic (exact) mass is 412 g/mol. The van der Waals surface area contributed by atoms with Gasteiger partial charge in [-0.05, 0) is 44.0 Å². The van der Waals surface area contributed by atoms with Crippen molar-refractivity contribution in [3.8, 4) is 5.75 Å². The van der Waals surface area contributed by atoms with Gasteiger partial charge < -0.3 is 19.7 Å². The van der Waals surface area contributed by atoms with Crippen LogP contribution in [0, 0.1) is 6.92 Å². The first kappa shape index (κ1) is 21.7. The molecule has 3 rings (SSSR count). The van der Waals surface area contributed by atoms with E-state index in [0.717, 1.165) is 25.1 Å². The zero-order valence-electron chi connectivity index (χ0n) is 17.7. The van der Waals surface area contributed by atoms with E-state index < -0.39 is 0 Å². The van der Waals surface area contributed by atoms with Crippen molar-refractivity contribution in [2.75, 3.05) is 39.2 Å². The summed E-state index contributed by atoms with van der Waals surface area (Å²) in [6.07, 6.45) is 3.78. The summed E-state index contributed by atoms with van der Waals surface area (Å²) < 4.78 is 10.1. The van der Waals surface area contributed by atoms with E-state index in [4.69, 9.17) is 9.47 Å². The van der Waals surface area contributed by atoms with Crippen LogP contribution in [0.4, 0.5) is 5.69 Å². The van der Waals surface area contributed by atoms with Crippen molar-refractivity contribution in [2.24, 2.45) is 0 Å². The minimum atomic E-state index is -0.260. The summed E-state index contributed by atoms with van der Waals surface area (Å²) in [5.41, 5.74) is 1.72. The Hall–Kier alpha value is -3.00. The second-order valence-electron chi connectivity index (χ2n) is 7.33. The molecule has 1 unspecified atom stereocenters. The van der Waals surface area contributed by atoms with Crippen LogP contribution in [0.15, 0.2) is 30.5 Å². The number of carbonyl (C=O) groups excluding carboxylic acids is 2. The van der Waals surface area contributed by atoms with Gasteiger partial charge in [-0.15, -0.1) is 0 Å². The first-order valence-electron chi connectivity index (χ1n) is 10.1. The second-order valence-corrected chi connectivity index (χ2v) is 7.33. The van der Waals surface area contributed by atoms with Gasteiger partial charge >= 0.3 is 0 Å². The first-order chi connectivity index (χ1) is 14.5. The maximum Gasteiger partial charge on any atom is 0.259 e. The van der Waals surface area contributed by atoms with Crippen LogP contribution in [0.3, 0.4) is 0 Å². The Balaban J connectivity index is 1.66. The molecule has 2 heterocycles. The number of likely N-dealkylation sites (tertiary alicyclic amines) is 1. The summed E-state index contributed by atoms with van der Waals surface area (Å²) in [5, 5.41) is 2.85. The maximum absolute atomic E-state index is 12.6. The average Bonchev–Trinajstić information content (AvgIpc) is 2.77. The highest BCUT2D eigenvalue weighted by atomic mass is 16.5. The van der Waals surface area contributed by atoms with Gasteiger partial charge in [-0.2, -0.15) is 0 Å². The third-order valence-corrected chi connectivity index (χ3v) is 5.25. The Morgan fingerprint density at radius 3 is 2.67 bits per heavy atom. The number of aryl methyl sites for hydroxylation is 1. The molecule has 1 aromatic carbocycles. The Morgan fingerprint density at radius 2 is 2.00 bits per heavy atom. The minimum absolute atomic E-state index is 0.0719. The maximum atomic E-state index is 12.6. The van der Waals surface area contributed by atoms with Crippen molar-refractivity contribution in [1.29, 1.82) is 0 Å². The molecule has 2 aromatic rings. The summed E-state index contributed by atoms with van der Waals surface area (Å²) in [6, 6.07) is 7.12. The van der Waals surface area contributed by atoms with Crippen molar-refractivity contribution in [2.45, 2.75) is 32.1 Å². The molecular weight excluding hydrogens is 384 g/mol. The van der Waals surface area contributed by atoms with Gasteiger partial charge in [0.2, 0.25) is 5.91 Å². The number of rotatable bonds is 7. The quantitative estimate of drug-likeness (QED) is 0.752. The van der Waals surface area contributed by atoms with Crippen LogP contribution in [0.1, 0.15) is 47.1 Å². The Kier molecular flexibility index (Phi) is 7.35. The van der Waals surface area contributed by atoms with Gasteiger partial charge in [0.1, 0.15) is 11.6 Å². The van der Waals surface area contributed by atoms with Crippen molar-refractivity contribution >= 4 is 17.5 Å². The molecule has 0 radical (unpaired) electrons. The van der Waals surface area contributed by atoms with Gasteiger partial charge in [0, 0.05) is 38.0 Å². The fraction of sp³-hybridized carbons (Fsp3) is 0.455. The molecule has 2 amide bonds. The third-order valence-electron chi connectivity index (χ3n) is 5.25. The molecule has 8 nitrogen and oxygen atoms in total. The highest BCUT2D eigenvalue weighted by Crippen LogP contribution is 2.25. The number of aromatic nitrogens is 2. The van der Waals surface area contributed by atoms with Crippen LogP contribution in [-0.4, -0.2) is 60.6 Å².